The van der Waals surface area contributed by atoms with Crippen molar-refractivity contribution < 1.29 is 0 Å². The second-order valence-corrected chi connectivity index (χ2v) is 2.47. The van der Waals surface area contributed by atoms with E-state index in [1.165, 1.54) is 0 Å². The van der Waals surface area contributed by atoms with Gasteiger partial charge in [0.15, 0.2) is 0 Å². The molecule has 0 aromatic carbocycles. The predicted octanol–water partition coefficient (Wildman–Crippen LogP) is 1.40. The molecule has 0 aliphatic heterocycles. The molecule has 0 saturated carbocycles. The number of H-pyrrole nitrogens is 1. The van der Waals surface area contributed by atoms with Crippen LogP contribution in [0.1, 0.15) is 31.2 Å². The molecule has 0 saturated heterocycles. The fraction of sp³-hybridized carbons (Fsp3) is 0.429. The molecule has 0 aliphatic rings. The van der Waals surface area contributed by atoms with Crippen LogP contribution in [0.25, 0.3) is 0 Å². The van der Waals surface area contributed by atoms with E-state index in [1.54, 1.807) is 6.07 Å². The summed E-state index contributed by atoms with van der Waals surface area (Å²) in [4.78, 5) is 0. The van der Waals surface area contributed by atoms with Gasteiger partial charge in [0.2, 0.25) is 0 Å². The zero-order valence-corrected chi connectivity index (χ0v) is 6.05. The second-order valence-electron chi connectivity index (χ2n) is 2.47. The van der Waals surface area contributed by atoms with E-state index < -0.39 is 0 Å². The molecule has 52 valence electrons. The molecule has 0 bridgehead atoms. The van der Waals surface area contributed by atoms with Gasteiger partial charge in [0.05, 0.1) is 5.69 Å². The highest BCUT2D eigenvalue weighted by molar-refractivity contribution is 5.22. The third kappa shape index (κ3) is 1.16. The van der Waals surface area contributed by atoms with Gasteiger partial charge in [0.1, 0.15) is 11.8 Å². The number of rotatable bonds is 1. The quantitative estimate of drug-likeness (QED) is 0.632. The van der Waals surface area contributed by atoms with Gasteiger partial charge in [0, 0.05) is 0 Å². The molecule has 1 aromatic heterocycles. The Kier molecular flexibility index (Phi) is 1.72. The van der Waals surface area contributed by atoms with Crippen molar-refractivity contribution in [1.82, 2.24) is 10.2 Å². The number of nitrogens with one attached hydrogen (secondary N) is 1. The molecule has 1 N–H and O–H groups in total. The maximum atomic E-state index is 8.41. The number of nitriles is 1. The molecular formula is C7H9N3. The van der Waals surface area contributed by atoms with Gasteiger partial charge in [-0.25, -0.2) is 0 Å². The largest absolute Gasteiger partial charge is 0.268 e. The molecule has 0 radical (unpaired) electrons. The molecule has 0 fully saturated rings. The minimum atomic E-state index is 0.387. The summed E-state index contributed by atoms with van der Waals surface area (Å²) in [7, 11) is 0. The van der Waals surface area contributed by atoms with E-state index in [2.05, 4.69) is 10.2 Å². The Morgan fingerprint density at radius 2 is 2.40 bits per heavy atom. The highest BCUT2D eigenvalue weighted by Crippen LogP contribution is 2.10. The van der Waals surface area contributed by atoms with Gasteiger partial charge in [0.25, 0.3) is 0 Å². The zero-order chi connectivity index (χ0) is 7.56. The third-order valence-corrected chi connectivity index (χ3v) is 1.31. The Balaban J connectivity index is 2.91. The van der Waals surface area contributed by atoms with E-state index >= 15 is 0 Å². The maximum absolute atomic E-state index is 8.41. The lowest BCUT2D eigenvalue weighted by atomic mass is 10.1. The fourth-order valence-corrected chi connectivity index (χ4v) is 0.690. The van der Waals surface area contributed by atoms with Crippen LogP contribution < -0.4 is 0 Å². The summed E-state index contributed by atoms with van der Waals surface area (Å²) in [5.74, 6) is 0.387. The molecule has 1 rings (SSSR count). The molecule has 3 heteroatoms. The van der Waals surface area contributed by atoms with Crippen LogP contribution in [0.3, 0.4) is 0 Å². The summed E-state index contributed by atoms with van der Waals surface area (Å²) >= 11 is 0. The van der Waals surface area contributed by atoms with Crippen LogP contribution in [0.5, 0.6) is 0 Å². The van der Waals surface area contributed by atoms with Gasteiger partial charge in [-0.3, -0.25) is 5.10 Å². The van der Waals surface area contributed by atoms with Crippen molar-refractivity contribution in [2.24, 2.45) is 0 Å². The number of hydrogen-bond donors (Lipinski definition) is 1. The normalized spacial score (nSPS) is 9.80. The second kappa shape index (κ2) is 2.53. The average molecular weight is 135 g/mol. The molecule has 0 aliphatic carbocycles. The molecule has 0 spiro atoms. The van der Waals surface area contributed by atoms with E-state index in [-0.39, 0.29) is 0 Å². The van der Waals surface area contributed by atoms with Crippen molar-refractivity contribution in [1.29, 1.82) is 5.26 Å². The van der Waals surface area contributed by atoms with E-state index in [9.17, 15) is 0 Å². The summed E-state index contributed by atoms with van der Waals surface area (Å²) in [6.45, 7) is 4.08. The van der Waals surface area contributed by atoms with Crippen LogP contribution in [0.4, 0.5) is 0 Å². The molecule has 3 nitrogen and oxygen atoms in total. The molecule has 0 amide bonds. The van der Waals surface area contributed by atoms with E-state index in [0.717, 1.165) is 5.69 Å². The van der Waals surface area contributed by atoms with Gasteiger partial charge in [-0.05, 0) is 12.0 Å². The van der Waals surface area contributed by atoms with Crippen molar-refractivity contribution in [3.05, 3.63) is 17.5 Å². The van der Waals surface area contributed by atoms with Gasteiger partial charge in [-0.15, -0.1) is 0 Å². The summed E-state index contributed by atoms with van der Waals surface area (Å²) in [6.07, 6.45) is 0. The molecule has 0 unspecified atom stereocenters. The number of hydrogen-bond acceptors (Lipinski definition) is 2. The smallest absolute Gasteiger partial charge is 0.135 e. The Hall–Kier alpha value is -1.30. The Morgan fingerprint density at radius 1 is 1.70 bits per heavy atom. The Morgan fingerprint density at radius 3 is 2.70 bits per heavy atom. The first-order valence-corrected chi connectivity index (χ1v) is 3.19. The molecule has 1 aromatic rings. The molecular weight excluding hydrogens is 126 g/mol. The first-order valence-electron chi connectivity index (χ1n) is 3.19. The number of aromatic amines is 1. The van der Waals surface area contributed by atoms with Crippen molar-refractivity contribution in [3.8, 4) is 6.07 Å². The summed E-state index contributed by atoms with van der Waals surface area (Å²) in [6, 6.07) is 3.75. The zero-order valence-electron chi connectivity index (χ0n) is 6.05. The molecule has 10 heavy (non-hydrogen) atoms. The van der Waals surface area contributed by atoms with E-state index in [4.69, 9.17) is 5.26 Å². The highest BCUT2D eigenvalue weighted by atomic mass is 15.1. The standard InChI is InChI=1S/C7H9N3/c1-5(2)7-3-6(4-8)9-10-7/h3,5H,1-2H3,(H,9,10). The van der Waals surface area contributed by atoms with E-state index in [1.807, 2.05) is 19.9 Å². The van der Waals surface area contributed by atoms with Crippen molar-refractivity contribution in [2.45, 2.75) is 19.8 Å². The fourth-order valence-electron chi connectivity index (χ4n) is 0.690. The minimum Gasteiger partial charge on any atom is -0.268 e. The number of aromatic nitrogens is 2. The summed E-state index contributed by atoms with van der Waals surface area (Å²) in [5, 5.41) is 15.0. The molecule has 0 atom stereocenters. The monoisotopic (exact) mass is 135 g/mol. The SMILES string of the molecule is CC(C)c1cc(C#N)[nH]n1. The summed E-state index contributed by atoms with van der Waals surface area (Å²) in [5.41, 5.74) is 1.47. The van der Waals surface area contributed by atoms with Crippen LogP contribution in [-0.2, 0) is 0 Å². The third-order valence-electron chi connectivity index (χ3n) is 1.31. The van der Waals surface area contributed by atoms with Crippen LogP contribution in [-0.4, -0.2) is 10.2 Å². The van der Waals surface area contributed by atoms with Gasteiger partial charge >= 0.3 is 0 Å². The topological polar surface area (TPSA) is 52.5 Å². The average Bonchev–Trinajstić information content (AvgIpc) is 2.34. The van der Waals surface area contributed by atoms with Gasteiger partial charge in [-0.2, -0.15) is 10.4 Å². The Labute approximate surface area is 59.7 Å². The van der Waals surface area contributed by atoms with Gasteiger partial charge < -0.3 is 0 Å². The highest BCUT2D eigenvalue weighted by Gasteiger charge is 2.02. The van der Waals surface area contributed by atoms with Crippen LogP contribution in [0.2, 0.25) is 0 Å². The van der Waals surface area contributed by atoms with Crippen molar-refractivity contribution in [2.75, 3.05) is 0 Å². The minimum absolute atomic E-state index is 0.387. The lowest BCUT2D eigenvalue weighted by Gasteiger charge is -1.94. The van der Waals surface area contributed by atoms with Gasteiger partial charge in [-0.1, -0.05) is 13.8 Å². The molecule has 1 heterocycles. The van der Waals surface area contributed by atoms with Crippen LogP contribution in [0.15, 0.2) is 6.07 Å². The van der Waals surface area contributed by atoms with E-state index in [0.29, 0.717) is 11.6 Å². The van der Waals surface area contributed by atoms with Crippen LogP contribution in [0, 0.1) is 11.3 Å². The van der Waals surface area contributed by atoms with Crippen LogP contribution >= 0.6 is 0 Å². The lowest BCUT2D eigenvalue weighted by molar-refractivity contribution is 0.810. The lowest BCUT2D eigenvalue weighted by Crippen LogP contribution is -1.85. The van der Waals surface area contributed by atoms with Crippen molar-refractivity contribution in [3.63, 3.8) is 0 Å². The Bertz CT molecular complexity index is 254. The van der Waals surface area contributed by atoms with Crippen molar-refractivity contribution >= 4 is 0 Å². The maximum Gasteiger partial charge on any atom is 0.135 e. The first kappa shape index (κ1) is 6.81. The predicted molar refractivity (Wildman–Crippen MR) is 37.4 cm³/mol. The number of nitrogens with zero attached hydrogens (tertiary/aromatic N) is 2. The summed E-state index contributed by atoms with van der Waals surface area (Å²) < 4.78 is 0. The first-order chi connectivity index (χ1) is 4.74.